The number of nitrogens with one attached hydrogen (secondary N) is 3. The zero-order chi connectivity index (χ0) is 19.3. The zero-order valence-corrected chi connectivity index (χ0v) is 14.7. The number of rotatable bonds is 5. The highest BCUT2D eigenvalue weighted by Gasteiger charge is 2.14. The van der Waals surface area contributed by atoms with Crippen molar-refractivity contribution in [1.29, 1.82) is 0 Å². The fraction of sp³-hybridized carbons (Fsp3) is 0.211. The topological polar surface area (TPSA) is 87.3 Å². The van der Waals surface area contributed by atoms with E-state index in [0.29, 0.717) is 11.4 Å². The molecule has 26 heavy (non-hydrogen) atoms. The van der Waals surface area contributed by atoms with Crippen LogP contribution >= 0.6 is 0 Å². The van der Waals surface area contributed by atoms with E-state index in [9.17, 15) is 18.8 Å². The minimum Gasteiger partial charge on any atom is -0.346 e. The molecule has 2 rings (SSSR count). The number of anilines is 2. The van der Waals surface area contributed by atoms with Gasteiger partial charge >= 0.3 is 0 Å². The minimum absolute atomic E-state index is 0.272. The van der Waals surface area contributed by atoms with Crippen LogP contribution in [0.4, 0.5) is 15.8 Å². The Morgan fingerprint density at radius 3 is 1.85 bits per heavy atom. The van der Waals surface area contributed by atoms with Crippen LogP contribution in [0, 0.1) is 5.82 Å². The summed E-state index contributed by atoms with van der Waals surface area (Å²) in [6.07, 6.45) is 0. The predicted octanol–water partition coefficient (Wildman–Crippen LogP) is 3.23. The smallest absolute Gasteiger partial charge is 0.251 e. The number of amides is 3. The van der Waals surface area contributed by atoms with Crippen LogP contribution in [0.15, 0.2) is 42.5 Å². The maximum Gasteiger partial charge on any atom is 0.251 e. The Hall–Kier alpha value is -3.22. The molecule has 0 aromatic heterocycles. The molecule has 136 valence electrons. The molecule has 0 saturated carbocycles. The Kier molecular flexibility index (Phi) is 6.06. The van der Waals surface area contributed by atoms with E-state index in [0.717, 1.165) is 5.56 Å². The van der Waals surface area contributed by atoms with Gasteiger partial charge in [-0.05, 0) is 42.8 Å². The molecule has 3 N–H and O–H groups in total. The summed E-state index contributed by atoms with van der Waals surface area (Å²) in [5, 5.41) is 7.99. The Bertz CT molecular complexity index is 800. The fourth-order valence-electron chi connectivity index (χ4n) is 2.42. The lowest BCUT2D eigenvalue weighted by Crippen LogP contribution is -2.27. The fourth-order valence-corrected chi connectivity index (χ4v) is 2.42. The second kappa shape index (κ2) is 8.24. The number of hydrogen-bond acceptors (Lipinski definition) is 3. The third-order valence-electron chi connectivity index (χ3n) is 3.55. The van der Waals surface area contributed by atoms with Gasteiger partial charge in [-0.15, -0.1) is 0 Å². The van der Waals surface area contributed by atoms with Crippen LogP contribution in [0.25, 0.3) is 0 Å². The van der Waals surface area contributed by atoms with Gasteiger partial charge in [0.2, 0.25) is 11.8 Å². The molecule has 0 fully saturated rings. The van der Waals surface area contributed by atoms with Crippen LogP contribution in [-0.4, -0.2) is 17.7 Å². The summed E-state index contributed by atoms with van der Waals surface area (Å²) in [7, 11) is 0. The molecular formula is C19H20FN3O3. The summed E-state index contributed by atoms with van der Waals surface area (Å²) in [6.45, 7) is 4.47. The molecule has 0 spiro atoms. The van der Waals surface area contributed by atoms with Crippen molar-refractivity contribution >= 4 is 29.1 Å². The van der Waals surface area contributed by atoms with Crippen LogP contribution in [0.1, 0.15) is 42.7 Å². The third-order valence-corrected chi connectivity index (χ3v) is 3.55. The molecule has 2 aromatic rings. The van der Waals surface area contributed by atoms with Gasteiger partial charge in [0.25, 0.3) is 5.91 Å². The van der Waals surface area contributed by atoms with Gasteiger partial charge in [0.15, 0.2) is 0 Å². The van der Waals surface area contributed by atoms with Gasteiger partial charge in [-0.3, -0.25) is 14.4 Å². The van der Waals surface area contributed by atoms with E-state index in [2.05, 4.69) is 16.0 Å². The zero-order valence-electron chi connectivity index (χ0n) is 14.7. The first-order chi connectivity index (χ1) is 12.2. The molecule has 0 aliphatic rings. The van der Waals surface area contributed by atoms with E-state index in [4.69, 9.17) is 0 Å². The van der Waals surface area contributed by atoms with Crippen LogP contribution in [0.2, 0.25) is 0 Å². The van der Waals surface area contributed by atoms with E-state index in [1.807, 2.05) is 0 Å². The highest BCUT2D eigenvalue weighted by Crippen LogP contribution is 2.21. The molecule has 0 saturated heterocycles. The van der Waals surface area contributed by atoms with Crippen LogP contribution in [-0.2, 0) is 9.59 Å². The molecule has 0 aliphatic carbocycles. The van der Waals surface area contributed by atoms with Crippen molar-refractivity contribution < 1.29 is 18.8 Å². The van der Waals surface area contributed by atoms with E-state index >= 15 is 0 Å². The number of carbonyl (C=O) groups is 3. The Balaban J connectivity index is 2.23. The average molecular weight is 357 g/mol. The Labute approximate surface area is 150 Å². The molecule has 0 radical (unpaired) electrons. The SMILES string of the molecule is CC(=O)Nc1cc(NC(C)=O)cc(C(=O)N[C@H](C)c2ccc(F)cc2)c1. The molecular weight excluding hydrogens is 337 g/mol. The van der Waals surface area contributed by atoms with Crippen LogP contribution in [0.3, 0.4) is 0 Å². The van der Waals surface area contributed by atoms with Crippen molar-refractivity contribution in [1.82, 2.24) is 5.32 Å². The van der Waals surface area contributed by atoms with Crippen LogP contribution < -0.4 is 16.0 Å². The van der Waals surface area contributed by atoms with Crippen molar-refractivity contribution in [3.05, 3.63) is 59.4 Å². The van der Waals surface area contributed by atoms with E-state index in [1.165, 1.54) is 38.1 Å². The van der Waals surface area contributed by atoms with Crippen molar-refractivity contribution in [2.24, 2.45) is 0 Å². The number of hydrogen-bond donors (Lipinski definition) is 3. The number of benzene rings is 2. The average Bonchev–Trinajstić information content (AvgIpc) is 2.53. The molecule has 0 bridgehead atoms. The van der Waals surface area contributed by atoms with Gasteiger partial charge in [0.1, 0.15) is 5.82 Å². The lowest BCUT2D eigenvalue weighted by Gasteiger charge is -2.16. The summed E-state index contributed by atoms with van der Waals surface area (Å²) in [4.78, 5) is 35.1. The normalized spacial score (nSPS) is 11.4. The number of halogens is 1. The van der Waals surface area contributed by atoms with E-state index in [1.54, 1.807) is 25.1 Å². The molecule has 3 amide bonds. The quantitative estimate of drug-likeness (QED) is 0.768. The molecule has 6 nitrogen and oxygen atoms in total. The lowest BCUT2D eigenvalue weighted by molar-refractivity contribution is -0.115. The van der Waals surface area contributed by atoms with Crippen LogP contribution in [0.5, 0.6) is 0 Å². The third kappa shape index (κ3) is 5.41. The van der Waals surface area contributed by atoms with E-state index in [-0.39, 0.29) is 35.1 Å². The number of carbonyl (C=O) groups excluding carboxylic acids is 3. The van der Waals surface area contributed by atoms with Gasteiger partial charge < -0.3 is 16.0 Å². The first-order valence-corrected chi connectivity index (χ1v) is 8.01. The van der Waals surface area contributed by atoms with Gasteiger partial charge in [0.05, 0.1) is 6.04 Å². The summed E-state index contributed by atoms with van der Waals surface area (Å²) < 4.78 is 13.0. The molecule has 1 atom stereocenters. The minimum atomic E-state index is -0.388. The summed E-state index contributed by atoms with van der Waals surface area (Å²) in [6, 6.07) is 10.1. The highest BCUT2D eigenvalue weighted by atomic mass is 19.1. The van der Waals surface area contributed by atoms with Gasteiger partial charge in [-0.2, -0.15) is 0 Å². The summed E-state index contributed by atoms with van der Waals surface area (Å²) >= 11 is 0. The second-order valence-corrected chi connectivity index (χ2v) is 5.91. The maximum absolute atomic E-state index is 13.0. The van der Waals surface area contributed by atoms with Crippen molar-refractivity contribution in [3.8, 4) is 0 Å². The lowest BCUT2D eigenvalue weighted by atomic mass is 10.1. The van der Waals surface area contributed by atoms with Crippen molar-refractivity contribution in [2.45, 2.75) is 26.8 Å². The van der Waals surface area contributed by atoms with Gasteiger partial charge in [-0.25, -0.2) is 4.39 Å². The highest BCUT2D eigenvalue weighted by molar-refractivity contribution is 6.00. The molecule has 0 unspecified atom stereocenters. The summed E-state index contributed by atoms with van der Waals surface area (Å²) in [5.41, 5.74) is 1.81. The first-order valence-electron chi connectivity index (χ1n) is 8.01. The first kappa shape index (κ1) is 19.1. The monoisotopic (exact) mass is 357 g/mol. The van der Waals surface area contributed by atoms with Crippen molar-refractivity contribution in [3.63, 3.8) is 0 Å². The molecule has 0 heterocycles. The Morgan fingerprint density at radius 1 is 0.885 bits per heavy atom. The predicted molar refractivity (Wildman–Crippen MR) is 97.3 cm³/mol. The maximum atomic E-state index is 13.0. The Morgan fingerprint density at radius 2 is 1.38 bits per heavy atom. The van der Waals surface area contributed by atoms with Crippen molar-refractivity contribution in [2.75, 3.05) is 10.6 Å². The van der Waals surface area contributed by atoms with E-state index < -0.39 is 0 Å². The van der Waals surface area contributed by atoms with Gasteiger partial charge in [0, 0.05) is 30.8 Å². The standard InChI is InChI=1S/C19H20FN3O3/c1-11(14-4-6-16(20)7-5-14)21-19(26)15-8-17(22-12(2)24)10-18(9-15)23-13(3)25/h4-11H,1-3H3,(H,21,26)(H,22,24)(H,23,25)/t11-/m1/s1. The molecule has 0 aliphatic heterocycles. The molecule has 7 heteroatoms. The summed E-state index contributed by atoms with van der Waals surface area (Å²) in [5.74, 6) is -1.33. The second-order valence-electron chi connectivity index (χ2n) is 5.91. The molecule has 2 aromatic carbocycles. The van der Waals surface area contributed by atoms with Gasteiger partial charge in [-0.1, -0.05) is 12.1 Å². The largest absolute Gasteiger partial charge is 0.346 e.